The van der Waals surface area contributed by atoms with Gasteiger partial charge in [-0.2, -0.15) is 0 Å². The average molecular weight is 325 g/mol. The van der Waals surface area contributed by atoms with E-state index in [2.05, 4.69) is 49.9 Å². The van der Waals surface area contributed by atoms with E-state index in [-0.39, 0.29) is 11.6 Å². The normalized spacial score (nSPS) is 19.2. The smallest absolute Gasteiger partial charge is 0.119 e. The summed E-state index contributed by atoms with van der Waals surface area (Å²) in [5.41, 5.74) is 2.58. The van der Waals surface area contributed by atoms with Crippen molar-refractivity contribution in [2.24, 2.45) is 0 Å². The summed E-state index contributed by atoms with van der Waals surface area (Å²) >= 11 is 0. The Morgan fingerprint density at radius 1 is 1.04 bits per heavy atom. The Bertz CT molecular complexity index is 631. The first-order chi connectivity index (χ1) is 11.5. The first-order valence-electron chi connectivity index (χ1n) is 8.66. The SMILES string of the molecule is CC(C)(C)N1CCO[C@H](c2ccc(OCc3ccccc3)cc2)C1. The predicted molar refractivity (Wildman–Crippen MR) is 97.2 cm³/mol. The lowest BCUT2D eigenvalue weighted by atomic mass is 10.0. The van der Waals surface area contributed by atoms with E-state index in [9.17, 15) is 0 Å². The third-order valence-corrected chi connectivity index (χ3v) is 4.52. The highest BCUT2D eigenvalue weighted by atomic mass is 16.5. The van der Waals surface area contributed by atoms with Gasteiger partial charge in [0.1, 0.15) is 12.4 Å². The fourth-order valence-corrected chi connectivity index (χ4v) is 2.98. The highest BCUT2D eigenvalue weighted by molar-refractivity contribution is 5.29. The summed E-state index contributed by atoms with van der Waals surface area (Å²) in [5.74, 6) is 0.895. The molecule has 2 aromatic rings. The first kappa shape index (κ1) is 17.0. The lowest BCUT2D eigenvalue weighted by molar-refractivity contribution is -0.0596. The number of benzene rings is 2. The van der Waals surface area contributed by atoms with Gasteiger partial charge in [0.2, 0.25) is 0 Å². The molecule has 3 rings (SSSR count). The molecule has 24 heavy (non-hydrogen) atoms. The van der Waals surface area contributed by atoms with Crippen molar-refractivity contribution in [3.05, 3.63) is 65.7 Å². The summed E-state index contributed by atoms with van der Waals surface area (Å²) in [4.78, 5) is 2.49. The Morgan fingerprint density at radius 2 is 1.75 bits per heavy atom. The molecule has 0 radical (unpaired) electrons. The highest BCUT2D eigenvalue weighted by Gasteiger charge is 2.29. The molecule has 0 aromatic heterocycles. The van der Waals surface area contributed by atoms with Crippen LogP contribution < -0.4 is 4.74 Å². The Balaban J connectivity index is 1.60. The molecule has 0 amide bonds. The minimum atomic E-state index is 0.140. The molecule has 1 saturated heterocycles. The van der Waals surface area contributed by atoms with E-state index in [0.717, 1.165) is 25.4 Å². The number of ether oxygens (including phenoxy) is 2. The minimum absolute atomic E-state index is 0.140. The summed E-state index contributed by atoms with van der Waals surface area (Å²) in [6, 6.07) is 18.6. The van der Waals surface area contributed by atoms with Crippen molar-refractivity contribution in [2.45, 2.75) is 39.0 Å². The fraction of sp³-hybridized carbons (Fsp3) is 0.429. The van der Waals surface area contributed by atoms with Crippen LogP contribution in [0.5, 0.6) is 5.75 Å². The van der Waals surface area contributed by atoms with E-state index in [1.165, 1.54) is 11.1 Å². The van der Waals surface area contributed by atoms with Crippen LogP contribution in [0.15, 0.2) is 54.6 Å². The van der Waals surface area contributed by atoms with E-state index >= 15 is 0 Å². The van der Waals surface area contributed by atoms with Gasteiger partial charge >= 0.3 is 0 Å². The zero-order chi connectivity index (χ0) is 17.0. The Morgan fingerprint density at radius 3 is 2.42 bits per heavy atom. The van der Waals surface area contributed by atoms with Crippen molar-refractivity contribution >= 4 is 0 Å². The molecule has 1 aliphatic heterocycles. The molecule has 0 spiro atoms. The van der Waals surface area contributed by atoms with Gasteiger partial charge in [0.25, 0.3) is 0 Å². The zero-order valence-corrected chi connectivity index (χ0v) is 14.9. The second kappa shape index (κ2) is 7.37. The van der Waals surface area contributed by atoms with Crippen molar-refractivity contribution in [1.29, 1.82) is 0 Å². The molecule has 1 heterocycles. The number of morpholine rings is 1. The molecule has 2 aromatic carbocycles. The largest absolute Gasteiger partial charge is 0.489 e. The quantitative estimate of drug-likeness (QED) is 0.829. The molecule has 0 aliphatic carbocycles. The highest BCUT2D eigenvalue weighted by Crippen LogP contribution is 2.28. The predicted octanol–water partition coefficient (Wildman–Crippen LogP) is 4.44. The molecule has 1 aliphatic rings. The van der Waals surface area contributed by atoms with Gasteiger partial charge in [-0.05, 0) is 44.0 Å². The van der Waals surface area contributed by atoms with Gasteiger partial charge in [-0.1, -0.05) is 42.5 Å². The molecule has 0 saturated carbocycles. The van der Waals surface area contributed by atoms with Gasteiger partial charge in [-0.3, -0.25) is 4.90 Å². The van der Waals surface area contributed by atoms with Crippen LogP contribution in [0.2, 0.25) is 0 Å². The lowest BCUT2D eigenvalue weighted by Crippen LogP contribution is -2.48. The van der Waals surface area contributed by atoms with Crippen LogP contribution in [0.4, 0.5) is 0 Å². The molecule has 3 nitrogen and oxygen atoms in total. The third kappa shape index (κ3) is 4.37. The molecule has 1 atom stereocenters. The van der Waals surface area contributed by atoms with Crippen LogP contribution in [-0.4, -0.2) is 30.1 Å². The topological polar surface area (TPSA) is 21.7 Å². The van der Waals surface area contributed by atoms with E-state index in [1.807, 2.05) is 30.3 Å². The number of rotatable bonds is 4. The fourth-order valence-electron chi connectivity index (χ4n) is 2.98. The van der Waals surface area contributed by atoms with Crippen LogP contribution in [0.3, 0.4) is 0 Å². The molecule has 0 N–H and O–H groups in total. The average Bonchev–Trinajstić information content (AvgIpc) is 2.61. The van der Waals surface area contributed by atoms with Gasteiger partial charge in [-0.15, -0.1) is 0 Å². The van der Waals surface area contributed by atoms with Crippen molar-refractivity contribution < 1.29 is 9.47 Å². The molecule has 0 bridgehead atoms. The number of hydrogen-bond donors (Lipinski definition) is 0. The number of hydrogen-bond acceptors (Lipinski definition) is 3. The second-order valence-corrected chi connectivity index (χ2v) is 7.32. The molecule has 128 valence electrons. The van der Waals surface area contributed by atoms with Crippen LogP contribution in [-0.2, 0) is 11.3 Å². The Labute approximate surface area is 145 Å². The first-order valence-corrected chi connectivity index (χ1v) is 8.66. The van der Waals surface area contributed by atoms with Gasteiger partial charge in [-0.25, -0.2) is 0 Å². The van der Waals surface area contributed by atoms with Crippen LogP contribution in [0.1, 0.15) is 38.0 Å². The van der Waals surface area contributed by atoms with Crippen molar-refractivity contribution in [2.75, 3.05) is 19.7 Å². The van der Waals surface area contributed by atoms with Gasteiger partial charge in [0.15, 0.2) is 0 Å². The summed E-state index contributed by atoms with van der Waals surface area (Å²) < 4.78 is 11.8. The molecule has 0 unspecified atom stereocenters. The maximum absolute atomic E-state index is 5.98. The molecular weight excluding hydrogens is 298 g/mol. The molecule has 3 heteroatoms. The zero-order valence-electron chi connectivity index (χ0n) is 14.9. The monoisotopic (exact) mass is 325 g/mol. The summed E-state index contributed by atoms with van der Waals surface area (Å²) in [5, 5.41) is 0. The Kier molecular flexibility index (Phi) is 5.22. The van der Waals surface area contributed by atoms with Crippen molar-refractivity contribution in [3.8, 4) is 5.75 Å². The van der Waals surface area contributed by atoms with Crippen LogP contribution >= 0.6 is 0 Å². The van der Waals surface area contributed by atoms with Crippen molar-refractivity contribution in [3.63, 3.8) is 0 Å². The van der Waals surface area contributed by atoms with E-state index in [0.29, 0.717) is 6.61 Å². The lowest BCUT2D eigenvalue weighted by Gasteiger charge is -2.41. The summed E-state index contributed by atoms with van der Waals surface area (Å²) in [7, 11) is 0. The third-order valence-electron chi connectivity index (χ3n) is 4.52. The minimum Gasteiger partial charge on any atom is -0.489 e. The van der Waals surface area contributed by atoms with E-state index < -0.39 is 0 Å². The standard InChI is InChI=1S/C21H27NO2/c1-21(2,3)22-13-14-23-20(15-22)18-9-11-19(12-10-18)24-16-17-7-5-4-6-8-17/h4-12,20H,13-16H2,1-3H3/t20-/m0/s1. The number of nitrogens with zero attached hydrogens (tertiary/aromatic N) is 1. The summed E-state index contributed by atoms with van der Waals surface area (Å²) in [6.45, 7) is 10.1. The maximum Gasteiger partial charge on any atom is 0.119 e. The van der Waals surface area contributed by atoms with Gasteiger partial charge in [0, 0.05) is 18.6 Å². The van der Waals surface area contributed by atoms with Crippen molar-refractivity contribution in [1.82, 2.24) is 4.90 Å². The van der Waals surface area contributed by atoms with Crippen LogP contribution in [0, 0.1) is 0 Å². The maximum atomic E-state index is 5.98. The van der Waals surface area contributed by atoms with Gasteiger partial charge < -0.3 is 9.47 Å². The molecular formula is C21H27NO2. The van der Waals surface area contributed by atoms with Crippen LogP contribution in [0.25, 0.3) is 0 Å². The molecule has 1 fully saturated rings. The second-order valence-electron chi connectivity index (χ2n) is 7.32. The summed E-state index contributed by atoms with van der Waals surface area (Å²) in [6.07, 6.45) is 0.140. The van der Waals surface area contributed by atoms with E-state index in [4.69, 9.17) is 9.47 Å². The Hall–Kier alpha value is -1.84. The van der Waals surface area contributed by atoms with Gasteiger partial charge in [0.05, 0.1) is 12.7 Å². The van der Waals surface area contributed by atoms with E-state index in [1.54, 1.807) is 0 Å².